The van der Waals surface area contributed by atoms with Crippen molar-refractivity contribution in [2.45, 2.75) is 63.7 Å². The van der Waals surface area contributed by atoms with Gasteiger partial charge in [-0.15, -0.1) is 4.48 Å². The third kappa shape index (κ3) is 7.09. The Morgan fingerprint density at radius 3 is 2.10 bits per heavy atom. The summed E-state index contributed by atoms with van der Waals surface area (Å²) in [5, 5.41) is 2.54. The van der Waals surface area contributed by atoms with E-state index in [0.29, 0.717) is 37.6 Å². The van der Waals surface area contributed by atoms with Gasteiger partial charge in [-0.25, -0.2) is 19.6 Å². The number of methoxy groups -OCH3 is 2. The van der Waals surface area contributed by atoms with E-state index < -0.39 is 34.8 Å². The van der Waals surface area contributed by atoms with Crippen LogP contribution in [0.3, 0.4) is 0 Å². The zero-order chi connectivity index (χ0) is 34.4. The summed E-state index contributed by atoms with van der Waals surface area (Å²) in [4.78, 5) is 67.9. The van der Waals surface area contributed by atoms with Gasteiger partial charge in [0.15, 0.2) is 11.9 Å². The highest BCUT2D eigenvalue weighted by molar-refractivity contribution is 5.86. The number of nitrogens with zero attached hydrogens (tertiary/aromatic N) is 4. The number of H-pyrrole nitrogens is 2. The van der Waals surface area contributed by atoms with Crippen LogP contribution in [0.1, 0.15) is 85.8 Å². The first-order chi connectivity index (χ1) is 23.1. The lowest BCUT2D eigenvalue weighted by molar-refractivity contribution is -0.802. The number of likely N-dealkylation sites (tertiary alicyclic amines) is 2. The average Bonchev–Trinajstić information content (AvgIpc) is 3.92. The summed E-state index contributed by atoms with van der Waals surface area (Å²) >= 11 is 0. The van der Waals surface area contributed by atoms with Crippen molar-refractivity contribution in [3.8, 4) is 0 Å². The molecule has 0 aliphatic carbocycles. The van der Waals surface area contributed by atoms with E-state index in [9.17, 15) is 19.2 Å². The highest BCUT2D eigenvalue weighted by Crippen LogP contribution is 2.40. The van der Waals surface area contributed by atoms with E-state index in [4.69, 9.17) is 10.5 Å². The minimum absolute atomic E-state index is 0.180. The van der Waals surface area contributed by atoms with Crippen LogP contribution in [0.15, 0.2) is 36.7 Å². The molecule has 14 nitrogen and oxygen atoms in total. The molecule has 14 heteroatoms. The summed E-state index contributed by atoms with van der Waals surface area (Å²) in [5.41, 5.74) is 9.44. The lowest BCUT2D eigenvalue weighted by Crippen LogP contribution is -2.61. The molecule has 0 spiro atoms. The van der Waals surface area contributed by atoms with Gasteiger partial charge in [0.1, 0.15) is 17.9 Å². The minimum Gasteiger partial charge on any atom is -0.453 e. The number of aromatic amines is 2. The molecule has 0 radical (unpaired) electrons. The number of alkyl carbamates (subject to hydrolysis) is 1. The quantitative estimate of drug-likeness (QED) is 0.245. The summed E-state index contributed by atoms with van der Waals surface area (Å²) in [7, 11) is 2.54. The van der Waals surface area contributed by atoms with Crippen LogP contribution in [0.5, 0.6) is 0 Å². The topological polar surface area (TPSA) is 185 Å². The first-order valence-corrected chi connectivity index (χ1v) is 16.0. The van der Waals surface area contributed by atoms with Gasteiger partial charge < -0.3 is 35.4 Å². The van der Waals surface area contributed by atoms with E-state index in [0.717, 1.165) is 35.4 Å². The van der Waals surface area contributed by atoms with Gasteiger partial charge in [-0.05, 0) is 50.0 Å². The molecule has 2 aliphatic rings. The Kier molecular flexibility index (Phi) is 10.5. The Hall–Kier alpha value is -5.08. The van der Waals surface area contributed by atoms with Crippen LogP contribution in [0, 0.1) is 0 Å². The van der Waals surface area contributed by atoms with Gasteiger partial charge in [-0.2, -0.15) is 4.79 Å². The smallest absolute Gasteiger partial charge is 0.453 e. The van der Waals surface area contributed by atoms with Gasteiger partial charge in [0.05, 0.1) is 50.6 Å². The van der Waals surface area contributed by atoms with Crippen LogP contribution >= 0.6 is 0 Å². The average molecular weight is 660 g/mol. The van der Waals surface area contributed by atoms with Crippen LogP contribution in [0.2, 0.25) is 0 Å². The molecular weight excluding hydrogens is 616 g/mol. The molecule has 2 saturated heterocycles. The number of quaternary nitrogens is 1. The van der Waals surface area contributed by atoms with E-state index in [-0.39, 0.29) is 17.9 Å². The van der Waals surface area contributed by atoms with Crippen molar-refractivity contribution in [3.05, 3.63) is 70.8 Å². The predicted molar refractivity (Wildman–Crippen MR) is 178 cm³/mol. The molecule has 1 unspecified atom stereocenters. The lowest BCUT2D eigenvalue weighted by Gasteiger charge is -2.32. The molecular formula is C34H43N8O6+. The minimum atomic E-state index is -0.818. The van der Waals surface area contributed by atoms with Crippen molar-refractivity contribution in [3.63, 3.8) is 0 Å². The van der Waals surface area contributed by atoms with Gasteiger partial charge in [-0.1, -0.05) is 36.4 Å². The maximum absolute atomic E-state index is 13.1. The Morgan fingerprint density at radius 1 is 0.917 bits per heavy atom. The summed E-state index contributed by atoms with van der Waals surface area (Å²) in [6.07, 6.45) is 12.8. The Bertz CT molecular complexity index is 1690. The van der Waals surface area contributed by atoms with Crippen molar-refractivity contribution in [1.29, 1.82) is 0 Å². The largest absolute Gasteiger partial charge is 0.523 e. The molecule has 3 aromatic rings. The molecule has 5 N–H and O–H groups in total. The molecule has 254 valence electrons. The number of carbonyl (C=O) groups excluding carboxylic acids is 4. The summed E-state index contributed by atoms with van der Waals surface area (Å²) in [6, 6.07) is 5.78. The number of aromatic nitrogens is 4. The number of imide groups is 1. The molecule has 0 bridgehead atoms. The molecule has 1 aromatic carbocycles. The number of ether oxygens (including phenoxy) is 2. The van der Waals surface area contributed by atoms with E-state index >= 15 is 0 Å². The Morgan fingerprint density at radius 2 is 1.52 bits per heavy atom. The highest BCUT2D eigenvalue weighted by atomic mass is 16.6. The SMILES string of the molecule is COC(=O)N[C@@H](C)C(=O)N1CCC[C@H]1c1ncc(C=Cc2ccc(C=Cc3cnc([C@@H]4CCC[N+]4(C(=O)OC)C(=O)[C@H](C)N)[nH]3)cc2)[nH]1. The number of carbonyl (C=O) groups is 4. The second-order valence-corrected chi connectivity index (χ2v) is 12.2. The number of hydrogen-bond acceptors (Lipinski definition) is 9. The Labute approximate surface area is 279 Å². The molecule has 48 heavy (non-hydrogen) atoms. The molecule has 2 fully saturated rings. The van der Waals surface area contributed by atoms with E-state index in [2.05, 4.69) is 30.0 Å². The molecule has 0 saturated carbocycles. The Balaban J connectivity index is 1.21. The molecule has 2 aromatic heterocycles. The first-order valence-electron chi connectivity index (χ1n) is 16.0. The lowest BCUT2D eigenvalue weighted by atomic mass is 10.1. The van der Waals surface area contributed by atoms with Gasteiger partial charge in [0.25, 0.3) is 0 Å². The number of benzene rings is 1. The number of rotatable bonds is 9. The van der Waals surface area contributed by atoms with Gasteiger partial charge in [0.2, 0.25) is 5.91 Å². The van der Waals surface area contributed by atoms with Crippen LogP contribution in [0.4, 0.5) is 9.59 Å². The van der Waals surface area contributed by atoms with Gasteiger partial charge >= 0.3 is 18.1 Å². The summed E-state index contributed by atoms with van der Waals surface area (Å²) in [6.45, 7) is 4.14. The zero-order valence-electron chi connectivity index (χ0n) is 27.6. The fourth-order valence-corrected chi connectivity index (χ4v) is 6.52. The number of nitrogens with two attached hydrogens (primary N) is 1. The van der Waals surface area contributed by atoms with Crippen molar-refractivity contribution in [2.24, 2.45) is 5.73 Å². The van der Waals surface area contributed by atoms with Crippen molar-refractivity contribution in [2.75, 3.05) is 27.3 Å². The van der Waals surface area contributed by atoms with Gasteiger partial charge in [-0.3, -0.25) is 4.79 Å². The van der Waals surface area contributed by atoms with E-state index in [1.54, 1.807) is 31.1 Å². The fraction of sp³-hybridized carbons (Fsp3) is 0.412. The number of hydrogen-bond donors (Lipinski definition) is 4. The van der Waals surface area contributed by atoms with E-state index in [1.807, 2.05) is 48.6 Å². The van der Waals surface area contributed by atoms with Gasteiger partial charge in [0, 0.05) is 19.4 Å². The third-order valence-corrected chi connectivity index (χ3v) is 8.94. The number of amides is 4. The second-order valence-electron chi connectivity index (χ2n) is 12.2. The monoisotopic (exact) mass is 659 g/mol. The van der Waals surface area contributed by atoms with E-state index in [1.165, 1.54) is 14.2 Å². The maximum atomic E-state index is 13.1. The molecule has 5 rings (SSSR count). The van der Waals surface area contributed by atoms with Crippen LogP contribution < -0.4 is 11.1 Å². The third-order valence-electron chi connectivity index (χ3n) is 8.94. The fourth-order valence-electron chi connectivity index (χ4n) is 6.52. The van der Waals surface area contributed by atoms with Crippen LogP contribution in [-0.2, 0) is 19.1 Å². The van der Waals surface area contributed by atoms with Crippen LogP contribution in [0.25, 0.3) is 24.3 Å². The predicted octanol–water partition coefficient (Wildman–Crippen LogP) is 4.17. The standard InChI is InChI=1S/C34H42N8O6/c1-21(35)32(44)42(34(46)48-4)18-6-8-28(42)30-37-20-26(40-30)16-14-24-11-9-23(10-12-24)13-15-25-19-36-29(39-25)27-7-5-17-41(27)31(43)22(2)38-33(45)47-3/h9-16,19-22,27-28H,5-8,17-18,35H2,1-4H3,(H2-,36,37,38,39,40,45)/p+1/t21-,22-,27-,28-,42?/m0/s1. The summed E-state index contributed by atoms with van der Waals surface area (Å²) < 4.78 is 9.16. The summed E-state index contributed by atoms with van der Waals surface area (Å²) in [5.74, 6) is 0.692. The maximum Gasteiger partial charge on any atom is 0.523 e. The van der Waals surface area contributed by atoms with Crippen molar-refractivity contribution in [1.82, 2.24) is 30.2 Å². The molecule has 2 aliphatic heterocycles. The molecule has 4 amide bonds. The highest BCUT2D eigenvalue weighted by Gasteiger charge is 2.58. The van der Waals surface area contributed by atoms with Crippen molar-refractivity contribution < 1.29 is 33.1 Å². The molecule has 4 heterocycles. The first kappa shape index (κ1) is 34.3. The zero-order valence-corrected chi connectivity index (χ0v) is 27.6. The number of imidazole rings is 2. The number of nitrogens with one attached hydrogen (secondary N) is 3. The van der Waals surface area contributed by atoms with Crippen molar-refractivity contribution >= 4 is 48.3 Å². The van der Waals surface area contributed by atoms with Crippen LogP contribution in [-0.4, -0.2) is 92.7 Å². The molecule has 5 atom stereocenters. The normalized spacial score (nSPS) is 22.2. The second kappa shape index (κ2) is 14.8.